The first-order valence-corrected chi connectivity index (χ1v) is 9.82. The molecule has 7 heteroatoms. The van der Waals surface area contributed by atoms with Gasteiger partial charge in [0.05, 0.1) is 31.0 Å². The highest BCUT2D eigenvalue weighted by atomic mass is 16.5. The number of hydrogen-bond acceptors (Lipinski definition) is 6. The highest BCUT2D eigenvalue weighted by molar-refractivity contribution is 5.73. The van der Waals surface area contributed by atoms with Gasteiger partial charge in [-0.3, -0.25) is 9.69 Å². The third-order valence-electron chi connectivity index (χ3n) is 5.88. The Kier molecular flexibility index (Phi) is 5.09. The van der Waals surface area contributed by atoms with Crippen molar-refractivity contribution in [3.8, 4) is 0 Å². The molecule has 142 valence electrons. The van der Waals surface area contributed by atoms with E-state index < -0.39 is 0 Å². The average molecular weight is 359 g/mol. The summed E-state index contributed by atoms with van der Waals surface area (Å²) in [5, 5.41) is 3.69. The third-order valence-corrected chi connectivity index (χ3v) is 5.88. The summed E-state index contributed by atoms with van der Waals surface area (Å²) in [6.45, 7) is 8.91. The summed E-state index contributed by atoms with van der Waals surface area (Å²) >= 11 is 0. The topological polar surface area (TPSA) is 70.6 Å². The minimum atomic E-state index is 0.135. The molecule has 2 fully saturated rings. The second kappa shape index (κ2) is 7.48. The number of hydrogen-bond donors (Lipinski definition) is 1. The molecule has 1 amide bonds. The maximum Gasteiger partial charge on any atom is 0.219 e. The van der Waals surface area contributed by atoms with Crippen molar-refractivity contribution < 1.29 is 9.53 Å². The molecule has 3 aliphatic rings. The maximum absolute atomic E-state index is 11.8. The van der Waals surface area contributed by atoms with Crippen LogP contribution < -0.4 is 5.32 Å². The minimum Gasteiger partial charge on any atom is -0.378 e. The van der Waals surface area contributed by atoms with Crippen molar-refractivity contribution in [3.05, 3.63) is 17.1 Å². The Morgan fingerprint density at radius 3 is 2.65 bits per heavy atom. The van der Waals surface area contributed by atoms with E-state index in [2.05, 4.69) is 15.2 Å². The fraction of sp³-hybridized carbons (Fsp3) is 0.737. The van der Waals surface area contributed by atoms with Crippen LogP contribution in [0.25, 0.3) is 0 Å². The number of rotatable bonds is 3. The van der Waals surface area contributed by atoms with Crippen LogP contribution >= 0.6 is 0 Å². The van der Waals surface area contributed by atoms with Gasteiger partial charge in [-0.15, -0.1) is 0 Å². The zero-order valence-electron chi connectivity index (χ0n) is 15.8. The number of aromatic nitrogens is 2. The van der Waals surface area contributed by atoms with Crippen LogP contribution in [-0.4, -0.2) is 77.2 Å². The molecule has 1 aromatic rings. The van der Waals surface area contributed by atoms with Crippen molar-refractivity contribution in [1.29, 1.82) is 0 Å². The SMILES string of the molecule is CC(=O)N1CCc2nc(C)nc(N[C@H]3COC[C@@H]3N3CCCC3)c2CC1. The number of nitrogens with zero attached hydrogens (tertiary/aromatic N) is 4. The molecule has 2 atom stereocenters. The molecule has 3 aliphatic heterocycles. The number of carbonyl (C=O) groups excluding carboxylic acids is 1. The van der Waals surface area contributed by atoms with Crippen molar-refractivity contribution in [3.63, 3.8) is 0 Å². The molecule has 0 unspecified atom stereocenters. The van der Waals surface area contributed by atoms with Crippen LogP contribution in [-0.2, 0) is 22.4 Å². The van der Waals surface area contributed by atoms with Gasteiger partial charge in [-0.1, -0.05) is 0 Å². The Morgan fingerprint density at radius 1 is 1.12 bits per heavy atom. The van der Waals surface area contributed by atoms with E-state index in [4.69, 9.17) is 9.72 Å². The Labute approximate surface area is 155 Å². The molecule has 0 aromatic carbocycles. The molecule has 0 aliphatic carbocycles. The monoisotopic (exact) mass is 359 g/mol. The van der Waals surface area contributed by atoms with Gasteiger partial charge in [-0.05, 0) is 39.3 Å². The van der Waals surface area contributed by atoms with E-state index in [0.29, 0.717) is 6.04 Å². The molecule has 1 aromatic heterocycles. The lowest BCUT2D eigenvalue weighted by Crippen LogP contribution is -2.45. The van der Waals surface area contributed by atoms with E-state index in [9.17, 15) is 4.79 Å². The smallest absolute Gasteiger partial charge is 0.219 e. The van der Waals surface area contributed by atoms with Crippen molar-refractivity contribution in [2.45, 2.75) is 51.6 Å². The Hall–Kier alpha value is -1.73. The molecule has 26 heavy (non-hydrogen) atoms. The number of nitrogens with one attached hydrogen (secondary N) is 1. The van der Waals surface area contributed by atoms with E-state index in [-0.39, 0.29) is 11.9 Å². The summed E-state index contributed by atoms with van der Waals surface area (Å²) in [5.74, 6) is 1.87. The molecule has 0 radical (unpaired) electrons. The second-order valence-electron chi connectivity index (χ2n) is 7.65. The normalized spacial score (nSPS) is 26.6. The maximum atomic E-state index is 11.8. The van der Waals surface area contributed by atoms with Crippen LogP contribution in [0.2, 0.25) is 0 Å². The number of ether oxygens (including phenoxy) is 1. The Morgan fingerprint density at radius 2 is 1.88 bits per heavy atom. The molecule has 0 bridgehead atoms. The number of likely N-dealkylation sites (tertiary alicyclic amines) is 1. The summed E-state index contributed by atoms with van der Waals surface area (Å²) in [5.41, 5.74) is 2.26. The standard InChI is InChI=1S/C19H29N5O2/c1-13-20-16-6-10-23(14(2)25)9-5-15(16)19(21-13)22-17-11-26-12-18(17)24-7-3-4-8-24/h17-18H,3-12H2,1-2H3,(H,20,21,22)/t17-,18-/m0/s1. The van der Waals surface area contributed by atoms with Gasteiger partial charge in [0.25, 0.3) is 0 Å². The fourth-order valence-corrected chi connectivity index (χ4v) is 4.45. The minimum absolute atomic E-state index is 0.135. The highest BCUT2D eigenvalue weighted by Gasteiger charge is 2.35. The zero-order valence-corrected chi connectivity index (χ0v) is 15.8. The first-order valence-electron chi connectivity index (χ1n) is 9.82. The van der Waals surface area contributed by atoms with Crippen molar-refractivity contribution in [2.75, 3.05) is 44.7 Å². The molecule has 0 saturated carbocycles. The molecular weight excluding hydrogens is 330 g/mol. The van der Waals surface area contributed by atoms with E-state index in [1.165, 1.54) is 31.5 Å². The largest absolute Gasteiger partial charge is 0.378 e. The van der Waals surface area contributed by atoms with Crippen LogP contribution in [0, 0.1) is 6.92 Å². The van der Waals surface area contributed by atoms with Gasteiger partial charge in [-0.25, -0.2) is 9.97 Å². The third kappa shape index (κ3) is 3.55. The first-order chi connectivity index (χ1) is 12.6. The summed E-state index contributed by atoms with van der Waals surface area (Å²) < 4.78 is 5.80. The van der Waals surface area contributed by atoms with E-state index >= 15 is 0 Å². The molecular formula is C19H29N5O2. The van der Waals surface area contributed by atoms with Crippen molar-refractivity contribution >= 4 is 11.7 Å². The zero-order chi connectivity index (χ0) is 18.1. The molecule has 4 rings (SSSR count). The lowest BCUT2D eigenvalue weighted by atomic mass is 10.1. The lowest BCUT2D eigenvalue weighted by molar-refractivity contribution is -0.128. The van der Waals surface area contributed by atoms with E-state index in [0.717, 1.165) is 56.5 Å². The molecule has 0 spiro atoms. The van der Waals surface area contributed by atoms with Gasteiger partial charge in [0.15, 0.2) is 0 Å². The summed E-state index contributed by atoms with van der Waals surface area (Å²) in [4.78, 5) is 25.6. The van der Waals surface area contributed by atoms with Crippen molar-refractivity contribution in [2.24, 2.45) is 0 Å². The lowest BCUT2D eigenvalue weighted by Gasteiger charge is -2.29. The first kappa shape index (κ1) is 17.7. The summed E-state index contributed by atoms with van der Waals surface area (Å²) in [7, 11) is 0. The van der Waals surface area contributed by atoms with Crippen LogP contribution in [0.4, 0.5) is 5.82 Å². The van der Waals surface area contributed by atoms with Crippen molar-refractivity contribution in [1.82, 2.24) is 19.8 Å². The van der Waals surface area contributed by atoms with Crippen LogP contribution in [0.3, 0.4) is 0 Å². The van der Waals surface area contributed by atoms with Gasteiger partial charge in [-0.2, -0.15) is 0 Å². The van der Waals surface area contributed by atoms with Gasteiger partial charge in [0.1, 0.15) is 11.6 Å². The Bertz CT molecular complexity index is 674. The number of anilines is 1. The van der Waals surface area contributed by atoms with Crippen LogP contribution in [0.1, 0.15) is 36.8 Å². The highest BCUT2D eigenvalue weighted by Crippen LogP contribution is 2.26. The number of amides is 1. The number of fused-ring (bicyclic) bond motifs is 1. The van der Waals surface area contributed by atoms with Gasteiger partial charge in [0, 0.05) is 32.0 Å². The van der Waals surface area contributed by atoms with E-state index in [1.54, 1.807) is 6.92 Å². The van der Waals surface area contributed by atoms with Crippen LogP contribution in [0.5, 0.6) is 0 Å². The van der Waals surface area contributed by atoms with Gasteiger partial charge >= 0.3 is 0 Å². The number of carbonyl (C=O) groups is 1. The summed E-state index contributed by atoms with van der Waals surface area (Å²) in [6, 6.07) is 0.682. The Balaban J connectivity index is 1.55. The van der Waals surface area contributed by atoms with Crippen LogP contribution in [0.15, 0.2) is 0 Å². The van der Waals surface area contributed by atoms with Gasteiger partial charge < -0.3 is 15.0 Å². The fourth-order valence-electron chi connectivity index (χ4n) is 4.45. The second-order valence-corrected chi connectivity index (χ2v) is 7.65. The average Bonchev–Trinajstić information content (AvgIpc) is 3.22. The molecule has 7 nitrogen and oxygen atoms in total. The predicted molar refractivity (Wildman–Crippen MR) is 99.3 cm³/mol. The predicted octanol–water partition coefficient (Wildman–Crippen LogP) is 1.01. The summed E-state index contributed by atoms with van der Waals surface area (Å²) in [6.07, 6.45) is 4.17. The van der Waals surface area contributed by atoms with Gasteiger partial charge in [0.2, 0.25) is 5.91 Å². The quantitative estimate of drug-likeness (QED) is 0.868. The molecule has 2 saturated heterocycles. The number of aryl methyl sites for hydroxylation is 1. The molecule has 1 N–H and O–H groups in total. The van der Waals surface area contributed by atoms with E-state index in [1.807, 2.05) is 11.8 Å². The molecule has 4 heterocycles.